The average molecular weight is 281 g/mol. The maximum Gasteiger partial charge on any atom is 0.338 e. The van der Waals surface area contributed by atoms with Crippen LogP contribution in [0.15, 0.2) is 29.9 Å². The van der Waals surface area contributed by atoms with Crippen LogP contribution in [-0.2, 0) is 0 Å². The summed E-state index contributed by atoms with van der Waals surface area (Å²) in [6.45, 7) is 0. The van der Waals surface area contributed by atoms with Gasteiger partial charge in [-0.25, -0.2) is 14.0 Å². The molecular formula is C11H8FN3O3S. The average Bonchev–Trinajstić information content (AvgIpc) is 2.80. The maximum atomic E-state index is 13.2. The highest BCUT2D eigenvalue weighted by atomic mass is 32.1. The number of carbonyl (C=O) groups is 2. The lowest BCUT2D eigenvalue weighted by atomic mass is 10.3. The van der Waals surface area contributed by atoms with Crippen LogP contribution in [0.2, 0.25) is 0 Å². The zero-order chi connectivity index (χ0) is 13.8. The van der Waals surface area contributed by atoms with E-state index in [9.17, 15) is 14.0 Å². The molecule has 2 aromatic heterocycles. The molecule has 0 aliphatic heterocycles. The Morgan fingerprint density at radius 3 is 2.79 bits per heavy atom. The lowest BCUT2D eigenvalue weighted by molar-refractivity contribution is 0.0698. The van der Waals surface area contributed by atoms with Gasteiger partial charge >= 0.3 is 12.0 Å². The number of anilines is 2. The molecule has 0 fully saturated rings. The summed E-state index contributed by atoms with van der Waals surface area (Å²) in [5.41, 5.74) is -0.0590. The second-order valence-electron chi connectivity index (χ2n) is 3.40. The fourth-order valence-corrected chi connectivity index (χ4v) is 2.08. The van der Waals surface area contributed by atoms with Crippen molar-refractivity contribution in [1.82, 2.24) is 4.98 Å². The highest BCUT2D eigenvalue weighted by Crippen LogP contribution is 2.23. The van der Waals surface area contributed by atoms with Gasteiger partial charge in [0.15, 0.2) is 5.82 Å². The van der Waals surface area contributed by atoms with Crippen molar-refractivity contribution >= 4 is 34.0 Å². The zero-order valence-corrected chi connectivity index (χ0v) is 10.2. The van der Waals surface area contributed by atoms with E-state index in [1.54, 1.807) is 0 Å². The molecule has 2 aromatic rings. The third-order valence-electron chi connectivity index (χ3n) is 2.14. The van der Waals surface area contributed by atoms with Crippen LogP contribution in [0.4, 0.5) is 19.9 Å². The Labute approximate surface area is 110 Å². The maximum absolute atomic E-state index is 13.2. The number of amides is 2. The van der Waals surface area contributed by atoms with Gasteiger partial charge in [-0.15, -0.1) is 11.3 Å². The second-order valence-corrected chi connectivity index (χ2v) is 4.32. The van der Waals surface area contributed by atoms with E-state index in [1.807, 2.05) is 0 Å². The summed E-state index contributed by atoms with van der Waals surface area (Å²) in [5, 5.41) is 15.2. The Bertz CT molecular complexity index is 629. The molecule has 0 aliphatic carbocycles. The van der Waals surface area contributed by atoms with Crippen LogP contribution in [0.3, 0.4) is 0 Å². The monoisotopic (exact) mass is 281 g/mol. The Hall–Kier alpha value is -2.48. The number of carbonyl (C=O) groups excluding carboxylic acids is 1. The molecule has 0 aromatic carbocycles. The SMILES string of the molecule is O=C(Nc1ccncc1F)Nc1sccc1C(=O)O. The molecule has 98 valence electrons. The van der Waals surface area contributed by atoms with Crippen molar-refractivity contribution in [3.05, 3.63) is 41.3 Å². The number of hydrogen-bond donors (Lipinski definition) is 3. The Balaban J connectivity index is 2.08. The number of aromatic nitrogens is 1. The fraction of sp³-hybridized carbons (Fsp3) is 0. The molecule has 0 saturated heterocycles. The standard InChI is InChI=1S/C11H8FN3O3S/c12-7-5-13-3-1-8(7)14-11(18)15-9-6(10(16)17)2-4-19-9/h1-5H,(H,16,17)(H2,13,14,15,18). The number of rotatable bonds is 3. The summed E-state index contributed by atoms with van der Waals surface area (Å²) in [6, 6.07) is 1.94. The lowest BCUT2D eigenvalue weighted by Gasteiger charge is -2.07. The largest absolute Gasteiger partial charge is 0.478 e. The summed E-state index contributed by atoms with van der Waals surface area (Å²) < 4.78 is 13.2. The van der Waals surface area contributed by atoms with Gasteiger partial charge in [0.2, 0.25) is 0 Å². The van der Waals surface area contributed by atoms with E-state index in [0.717, 1.165) is 17.5 Å². The van der Waals surface area contributed by atoms with Crippen LogP contribution in [0.25, 0.3) is 0 Å². The molecule has 0 bridgehead atoms. The summed E-state index contributed by atoms with van der Waals surface area (Å²) >= 11 is 1.06. The van der Waals surface area contributed by atoms with Gasteiger partial charge in [-0.1, -0.05) is 0 Å². The smallest absolute Gasteiger partial charge is 0.338 e. The molecule has 8 heteroatoms. The first kappa shape index (κ1) is 13.0. The van der Waals surface area contributed by atoms with Gasteiger partial charge in [-0.3, -0.25) is 10.3 Å². The van der Waals surface area contributed by atoms with Crippen molar-refractivity contribution in [3.8, 4) is 0 Å². The van der Waals surface area contributed by atoms with Gasteiger partial charge < -0.3 is 10.4 Å². The number of pyridine rings is 1. The summed E-state index contributed by atoms with van der Waals surface area (Å²) in [7, 11) is 0. The summed E-state index contributed by atoms with van der Waals surface area (Å²) in [4.78, 5) is 26.0. The topological polar surface area (TPSA) is 91.3 Å². The lowest BCUT2D eigenvalue weighted by Crippen LogP contribution is -2.20. The van der Waals surface area contributed by atoms with Crippen molar-refractivity contribution in [3.63, 3.8) is 0 Å². The number of nitrogens with one attached hydrogen (secondary N) is 2. The van der Waals surface area contributed by atoms with Crippen LogP contribution >= 0.6 is 11.3 Å². The molecular weight excluding hydrogens is 273 g/mol. The molecule has 2 amide bonds. The molecule has 0 aliphatic rings. The number of carboxylic acid groups (broad SMARTS) is 1. The molecule has 0 unspecified atom stereocenters. The number of hydrogen-bond acceptors (Lipinski definition) is 4. The number of aromatic carboxylic acids is 1. The Kier molecular flexibility index (Phi) is 3.71. The molecule has 0 saturated carbocycles. The normalized spacial score (nSPS) is 9.95. The zero-order valence-electron chi connectivity index (χ0n) is 9.38. The minimum absolute atomic E-state index is 0.0182. The van der Waals surface area contributed by atoms with E-state index in [4.69, 9.17) is 5.11 Å². The molecule has 0 atom stereocenters. The second kappa shape index (κ2) is 5.44. The molecule has 2 heterocycles. The van der Waals surface area contributed by atoms with E-state index < -0.39 is 17.8 Å². The van der Waals surface area contributed by atoms with Crippen molar-refractivity contribution in [2.75, 3.05) is 10.6 Å². The summed E-state index contributed by atoms with van der Waals surface area (Å²) in [6.07, 6.45) is 2.29. The number of nitrogens with zero attached hydrogens (tertiary/aromatic N) is 1. The first-order chi connectivity index (χ1) is 9.08. The quantitative estimate of drug-likeness (QED) is 0.806. The third-order valence-corrected chi connectivity index (χ3v) is 2.97. The van der Waals surface area contributed by atoms with Crippen LogP contribution in [0.1, 0.15) is 10.4 Å². The van der Waals surface area contributed by atoms with Gasteiger partial charge in [-0.05, 0) is 17.5 Å². The Morgan fingerprint density at radius 2 is 2.11 bits per heavy atom. The molecule has 2 rings (SSSR count). The van der Waals surface area contributed by atoms with Gasteiger partial charge in [0.25, 0.3) is 0 Å². The fourth-order valence-electron chi connectivity index (χ4n) is 1.31. The molecule has 0 radical (unpaired) electrons. The predicted octanol–water partition coefficient (Wildman–Crippen LogP) is 2.62. The van der Waals surface area contributed by atoms with Crippen molar-refractivity contribution in [2.45, 2.75) is 0 Å². The van der Waals surface area contributed by atoms with E-state index in [2.05, 4.69) is 15.6 Å². The van der Waals surface area contributed by atoms with E-state index in [-0.39, 0.29) is 16.3 Å². The number of halogens is 1. The molecule has 3 N–H and O–H groups in total. The van der Waals surface area contributed by atoms with Gasteiger partial charge in [0, 0.05) is 6.20 Å². The van der Waals surface area contributed by atoms with Gasteiger partial charge in [0.1, 0.15) is 5.00 Å². The van der Waals surface area contributed by atoms with Crippen LogP contribution in [0, 0.1) is 5.82 Å². The van der Waals surface area contributed by atoms with E-state index in [1.165, 1.54) is 23.7 Å². The minimum Gasteiger partial charge on any atom is -0.478 e. The highest BCUT2D eigenvalue weighted by molar-refractivity contribution is 7.14. The van der Waals surface area contributed by atoms with E-state index in [0.29, 0.717) is 0 Å². The van der Waals surface area contributed by atoms with Gasteiger partial charge in [0.05, 0.1) is 17.4 Å². The van der Waals surface area contributed by atoms with Crippen molar-refractivity contribution < 1.29 is 19.1 Å². The van der Waals surface area contributed by atoms with Crippen LogP contribution in [0.5, 0.6) is 0 Å². The number of urea groups is 1. The Morgan fingerprint density at radius 1 is 1.32 bits per heavy atom. The first-order valence-electron chi connectivity index (χ1n) is 5.06. The highest BCUT2D eigenvalue weighted by Gasteiger charge is 2.14. The van der Waals surface area contributed by atoms with Crippen molar-refractivity contribution in [2.24, 2.45) is 0 Å². The minimum atomic E-state index is -1.15. The van der Waals surface area contributed by atoms with Crippen LogP contribution in [-0.4, -0.2) is 22.1 Å². The number of thiophene rings is 1. The van der Waals surface area contributed by atoms with Gasteiger partial charge in [-0.2, -0.15) is 0 Å². The number of carboxylic acids is 1. The van der Waals surface area contributed by atoms with E-state index >= 15 is 0 Å². The molecule has 0 spiro atoms. The van der Waals surface area contributed by atoms with Crippen LogP contribution < -0.4 is 10.6 Å². The first-order valence-corrected chi connectivity index (χ1v) is 5.94. The summed E-state index contributed by atoms with van der Waals surface area (Å²) in [5.74, 6) is -1.83. The third kappa shape index (κ3) is 3.05. The molecule has 19 heavy (non-hydrogen) atoms. The van der Waals surface area contributed by atoms with Crippen molar-refractivity contribution in [1.29, 1.82) is 0 Å². The predicted molar refractivity (Wildman–Crippen MR) is 68.1 cm³/mol. The molecule has 6 nitrogen and oxygen atoms in total.